The van der Waals surface area contributed by atoms with Crippen LogP contribution in [0.4, 0.5) is 13.2 Å². The molecule has 0 aliphatic heterocycles. The Labute approximate surface area is 112 Å². The number of carboxylic acid groups (broad SMARTS) is 1. The molecular weight excluding hydrogens is 279 g/mol. The third kappa shape index (κ3) is 3.08. The van der Waals surface area contributed by atoms with Crippen molar-refractivity contribution in [3.63, 3.8) is 0 Å². The summed E-state index contributed by atoms with van der Waals surface area (Å²) >= 11 is 0. The molecule has 0 aliphatic rings. The highest BCUT2D eigenvalue weighted by Gasteiger charge is 2.58. The van der Waals surface area contributed by atoms with E-state index in [9.17, 15) is 22.8 Å². The van der Waals surface area contributed by atoms with Crippen molar-refractivity contribution in [1.29, 1.82) is 0 Å². The Balaban J connectivity index is 3.00. The molecule has 0 spiro atoms. The van der Waals surface area contributed by atoms with Gasteiger partial charge in [-0.1, -0.05) is 12.1 Å². The van der Waals surface area contributed by atoms with Gasteiger partial charge in [-0.3, -0.25) is 4.79 Å². The Morgan fingerprint density at radius 3 is 2.05 bits per heavy atom. The summed E-state index contributed by atoms with van der Waals surface area (Å²) < 4.78 is 38.2. The molecule has 0 heterocycles. The van der Waals surface area contributed by atoms with Crippen LogP contribution in [0.1, 0.15) is 22.8 Å². The number of carboxylic acids is 1. The summed E-state index contributed by atoms with van der Waals surface area (Å²) in [6, 6.07) is 5.08. The third-order valence-corrected chi connectivity index (χ3v) is 2.76. The maximum absolute atomic E-state index is 12.7. The van der Waals surface area contributed by atoms with Crippen LogP contribution in [0.2, 0.25) is 0 Å². The van der Waals surface area contributed by atoms with Crippen molar-refractivity contribution in [2.45, 2.75) is 25.2 Å². The van der Waals surface area contributed by atoms with Gasteiger partial charge in [0.05, 0.1) is 6.61 Å². The zero-order valence-corrected chi connectivity index (χ0v) is 10.4. The van der Waals surface area contributed by atoms with Crippen molar-refractivity contribution in [3.05, 3.63) is 35.4 Å². The fraction of sp³-hybridized carbons (Fsp3) is 0.333. The second-order valence-corrected chi connectivity index (χ2v) is 4.24. The van der Waals surface area contributed by atoms with Crippen LogP contribution in [0.3, 0.4) is 0 Å². The van der Waals surface area contributed by atoms with Gasteiger partial charge in [0.15, 0.2) is 0 Å². The minimum atomic E-state index is -5.14. The molecule has 0 radical (unpaired) electrons. The number of benzene rings is 1. The highest BCUT2D eigenvalue weighted by molar-refractivity contribution is 5.98. The lowest BCUT2D eigenvalue weighted by atomic mass is 10.0. The standard InChI is InChI=1S/C12H12F3NO4/c1-11(10(19)20,12(13,14)15)16-9(18)8-4-2-7(6-17)3-5-8/h2-5,17H,6H2,1H3,(H,16,18)(H,19,20). The third-order valence-electron chi connectivity index (χ3n) is 2.76. The Morgan fingerprint density at radius 2 is 1.70 bits per heavy atom. The van der Waals surface area contributed by atoms with E-state index in [0.717, 1.165) is 0 Å². The molecule has 1 atom stereocenters. The van der Waals surface area contributed by atoms with Gasteiger partial charge in [0.25, 0.3) is 5.91 Å². The summed E-state index contributed by atoms with van der Waals surface area (Å²) in [5, 5.41) is 18.9. The first kappa shape index (κ1) is 16.0. The number of carbonyl (C=O) groups is 2. The SMILES string of the molecule is CC(NC(=O)c1ccc(CO)cc1)(C(=O)O)C(F)(F)F. The molecule has 1 rings (SSSR count). The molecule has 1 aromatic rings. The van der Waals surface area contributed by atoms with Gasteiger partial charge in [-0.2, -0.15) is 13.2 Å². The first-order chi connectivity index (χ1) is 9.11. The summed E-state index contributed by atoms with van der Waals surface area (Å²) in [5.41, 5.74) is -3.04. The van der Waals surface area contributed by atoms with Crippen molar-refractivity contribution < 1.29 is 33.0 Å². The number of alkyl halides is 3. The van der Waals surface area contributed by atoms with Crippen LogP contribution in [0.5, 0.6) is 0 Å². The Hall–Kier alpha value is -2.09. The molecule has 3 N–H and O–H groups in total. The van der Waals surface area contributed by atoms with Crippen molar-refractivity contribution in [1.82, 2.24) is 5.32 Å². The van der Waals surface area contributed by atoms with Gasteiger partial charge in [-0.15, -0.1) is 0 Å². The monoisotopic (exact) mass is 291 g/mol. The van der Waals surface area contributed by atoms with Crippen molar-refractivity contribution in [3.8, 4) is 0 Å². The fourth-order valence-corrected chi connectivity index (χ4v) is 1.31. The summed E-state index contributed by atoms with van der Waals surface area (Å²) in [4.78, 5) is 22.4. The lowest BCUT2D eigenvalue weighted by Crippen LogP contribution is -2.61. The lowest BCUT2D eigenvalue weighted by molar-refractivity contribution is -0.203. The number of nitrogens with one attached hydrogen (secondary N) is 1. The van der Waals surface area contributed by atoms with E-state index in [1.54, 1.807) is 0 Å². The predicted octanol–water partition coefficient (Wildman–Crippen LogP) is 1.31. The largest absolute Gasteiger partial charge is 0.479 e. The summed E-state index contributed by atoms with van der Waals surface area (Å²) in [5.74, 6) is -3.37. The Bertz CT molecular complexity index is 512. The smallest absolute Gasteiger partial charge is 0.422 e. The first-order valence-electron chi connectivity index (χ1n) is 5.44. The topological polar surface area (TPSA) is 86.6 Å². The molecule has 0 saturated heterocycles. The maximum atomic E-state index is 12.7. The molecule has 1 amide bonds. The Morgan fingerprint density at radius 1 is 1.20 bits per heavy atom. The number of aliphatic hydroxyl groups excluding tert-OH is 1. The van der Waals surface area contributed by atoms with Gasteiger partial charge in [0.1, 0.15) is 0 Å². The molecular formula is C12H12F3NO4. The molecule has 0 bridgehead atoms. The van der Waals surface area contributed by atoms with Gasteiger partial charge in [-0.05, 0) is 24.6 Å². The molecule has 5 nitrogen and oxygen atoms in total. The number of amides is 1. The van der Waals surface area contributed by atoms with E-state index in [-0.39, 0.29) is 12.2 Å². The molecule has 1 aromatic carbocycles. The van der Waals surface area contributed by atoms with E-state index in [4.69, 9.17) is 10.2 Å². The quantitative estimate of drug-likeness (QED) is 0.780. The molecule has 0 fully saturated rings. The number of hydrogen-bond donors (Lipinski definition) is 3. The van der Waals surface area contributed by atoms with Crippen molar-refractivity contribution in [2.24, 2.45) is 0 Å². The van der Waals surface area contributed by atoms with Crippen LogP contribution in [-0.2, 0) is 11.4 Å². The zero-order valence-electron chi connectivity index (χ0n) is 10.4. The number of carbonyl (C=O) groups excluding carboxylic acids is 1. The fourth-order valence-electron chi connectivity index (χ4n) is 1.31. The second-order valence-electron chi connectivity index (χ2n) is 4.24. The summed E-state index contributed by atoms with van der Waals surface area (Å²) in [6.07, 6.45) is -5.14. The number of halogens is 3. The molecule has 110 valence electrons. The first-order valence-corrected chi connectivity index (χ1v) is 5.44. The highest BCUT2D eigenvalue weighted by Crippen LogP contribution is 2.30. The summed E-state index contributed by atoms with van der Waals surface area (Å²) in [7, 11) is 0. The van der Waals surface area contributed by atoms with Crippen LogP contribution in [0, 0.1) is 0 Å². The molecule has 1 unspecified atom stereocenters. The van der Waals surface area contributed by atoms with Crippen molar-refractivity contribution in [2.75, 3.05) is 0 Å². The minimum absolute atomic E-state index is 0.140. The second kappa shape index (κ2) is 5.49. The highest BCUT2D eigenvalue weighted by atomic mass is 19.4. The van der Waals surface area contributed by atoms with E-state index in [1.165, 1.54) is 29.6 Å². The molecule has 8 heteroatoms. The van der Waals surface area contributed by atoms with E-state index >= 15 is 0 Å². The van der Waals surface area contributed by atoms with Gasteiger partial charge < -0.3 is 15.5 Å². The number of hydrogen-bond acceptors (Lipinski definition) is 3. The normalized spacial score (nSPS) is 14.4. The average Bonchev–Trinajstić information content (AvgIpc) is 2.37. The summed E-state index contributed by atoms with van der Waals surface area (Å²) in [6.45, 7) is 0.0899. The van der Waals surface area contributed by atoms with E-state index in [0.29, 0.717) is 12.5 Å². The van der Waals surface area contributed by atoms with Gasteiger partial charge in [0, 0.05) is 5.56 Å². The average molecular weight is 291 g/mol. The molecule has 0 aliphatic carbocycles. The van der Waals surface area contributed by atoms with E-state index in [2.05, 4.69) is 0 Å². The molecule has 20 heavy (non-hydrogen) atoms. The van der Waals surface area contributed by atoms with Crippen LogP contribution in [0.15, 0.2) is 24.3 Å². The predicted molar refractivity (Wildman–Crippen MR) is 61.9 cm³/mol. The van der Waals surface area contributed by atoms with Crippen LogP contribution in [0.25, 0.3) is 0 Å². The van der Waals surface area contributed by atoms with Crippen LogP contribution >= 0.6 is 0 Å². The van der Waals surface area contributed by atoms with Gasteiger partial charge in [0.2, 0.25) is 5.54 Å². The van der Waals surface area contributed by atoms with Crippen molar-refractivity contribution >= 4 is 11.9 Å². The van der Waals surface area contributed by atoms with Gasteiger partial charge in [-0.25, -0.2) is 4.79 Å². The van der Waals surface area contributed by atoms with Gasteiger partial charge >= 0.3 is 12.1 Å². The number of aliphatic hydroxyl groups is 1. The number of aliphatic carboxylic acids is 1. The molecule has 0 saturated carbocycles. The maximum Gasteiger partial charge on any atom is 0.422 e. The lowest BCUT2D eigenvalue weighted by Gasteiger charge is -2.28. The molecule has 0 aromatic heterocycles. The van der Waals surface area contributed by atoms with E-state index in [1.807, 2.05) is 0 Å². The minimum Gasteiger partial charge on any atom is -0.479 e. The van der Waals surface area contributed by atoms with Crippen LogP contribution in [-0.4, -0.2) is 33.8 Å². The zero-order chi connectivity index (χ0) is 15.6. The Kier molecular flexibility index (Phi) is 4.39. The van der Waals surface area contributed by atoms with Crippen LogP contribution < -0.4 is 5.32 Å². The van der Waals surface area contributed by atoms with E-state index < -0.39 is 23.6 Å². The number of rotatable bonds is 4.